The summed E-state index contributed by atoms with van der Waals surface area (Å²) < 4.78 is 2.13. The predicted molar refractivity (Wildman–Crippen MR) is 65.3 cm³/mol. The number of halogens is 1. The number of nitrogens with zero attached hydrogens (tertiary/aromatic N) is 1. The average Bonchev–Trinajstić information content (AvgIpc) is 2.51. The summed E-state index contributed by atoms with van der Waals surface area (Å²) >= 11 is 6.16. The Morgan fingerprint density at radius 1 is 1.40 bits per heavy atom. The third-order valence-electron chi connectivity index (χ3n) is 2.85. The first kappa shape index (κ1) is 10.5. The van der Waals surface area contributed by atoms with Gasteiger partial charge in [0.2, 0.25) is 0 Å². The van der Waals surface area contributed by atoms with Crippen LogP contribution >= 0.6 is 11.6 Å². The molecular formula is C12H15ClN2. The highest BCUT2D eigenvalue weighted by Crippen LogP contribution is 2.30. The molecule has 2 rings (SSSR count). The normalized spacial score (nSPS) is 13.4. The lowest BCUT2D eigenvalue weighted by atomic mass is 10.1. The molecule has 3 heteroatoms. The number of aryl methyl sites for hydroxylation is 2. The molecule has 1 unspecified atom stereocenters. The lowest BCUT2D eigenvalue weighted by Crippen LogP contribution is -2.09. The fourth-order valence-corrected chi connectivity index (χ4v) is 2.29. The van der Waals surface area contributed by atoms with E-state index >= 15 is 0 Å². The van der Waals surface area contributed by atoms with E-state index in [2.05, 4.69) is 17.6 Å². The fourth-order valence-electron chi connectivity index (χ4n) is 2.09. The van der Waals surface area contributed by atoms with Gasteiger partial charge in [-0.25, -0.2) is 0 Å². The molecule has 0 saturated heterocycles. The molecule has 2 nitrogen and oxygen atoms in total. The van der Waals surface area contributed by atoms with Crippen molar-refractivity contribution < 1.29 is 0 Å². The van der Waals surface area contributed by atoms with Gasteiger partial charge in [-0.2, -0.15) is 0 Å². The van der Waals surface area contributed by atoms with Gasteiger partial charge >= 0.3 is 0 Å². The van der Waals surface area contributed by atoms with Crippen LogP contribution in [0.15, 0.2) is 18.2 Å². The minimum absolute atomic E-state index is 0.0258. The van der Waals surface area contributed by atoms with Crippen LogP contribution in [0.3, 0.4) is 0 Å². The van der Waals surface area contributed by atoms with E-state index in [9.17, 15) is 0 Å². The number of aromatic nitrogens is 1. The molecule has 0 aliphatic rings. The van der Waals surface area contributed by atoms with Gasteiger partial charge in [-0.3, -0.25) is 0 Å². The zero-order valence-corrected chi connectivity index (χ0v) is 9.97. The molecule has 0 aliphatic heterocycles. The van der Waals surface area contributed by atoms with Crippen molar-refractivity contribution in [2.75, 3.05) is 0 Å². The number of nitrogens with two attached hydrogens (primary N) is 1. The lowest BCUT2D eigenvalue weighted by Gasteiger charge is -2.08. The van der Waals surface area contributed by atoms with Gasteiger partial charge < -0.3 is 10.3 Å². The van der Waals surface area contributed by atoms with Crippen LogP contribution in [0.1, 0.15) is 24.2 Å². The van der Waals surface area contributed by atoms with E-state index in [1.54, 1.807) is 0 Å². The second-order valence-electron chi connectivity index (χ2n) is 4.04. The maximum absolute atomic E-state index is 6.16. The topological polar surface area (TPSA) is 30.9 Å². The molecule has 0 saturated carbocycles. The van der Waals surface area contributed by atoms with E-state index in [0.29, 0.717) is 0 Å². The predicted octanol–water partition coefficient (Wildman–Crippen LogP) is 3.16. The Bertz CT molecular complexity index is 512. The van der Waals surface area contributed by atoms with Gasteiger partial charge in [-0.15, -0.1) is 0 Å². The molecule has 1 aromatic carbocycles. The van der Waals surface area contributed by atoms with Crippen LogP contribution in [0.2, 0.25) is 5.02 Å². The molecule has 0 spiro atoms. The molecule has 0 aliphatic carbocycles. The maximum atomic E-state index is 6.16. The van der Waals surface area contributed by atoms with Crippen LogP contribution < -0.4 is 5.73 Å². The minimum atomic E-state index is 0.0258. The van der Waals surface area contributed by atoms with Crippen molar-refractivity contribution in [2.45, 2.75) is 19.9 Å². The average molecular weight is 223 g/mol. The third-order valence-corrected chi connectivity index (χ3v) is 3.18. The molecular weight excluding hydrogens is 208 g/mol. The lowest BCUT2D eigenvalue weighted by molar-refractivity contribution is 0.726. The monoisotopic (exact) mass is 222 g/mol. The van der Waals surface area contributed by atoms with E-state index in [-0.39, 0.29) is 6.04 Å². The summed E-state index contributed by atoms with van der Waals surface area (Å²) in [4.78, 5) is 0. The number of benzene rings is 1. The maximum Gasteiger partial charge on any atom is 0.0525 e. The molecule has 0 amide bonds. The highest BCUT2D eigenvalue weighted by atomic mass is 35.5. The minimum Gasteiger partial charge on any atom is -0.346 e. The van der Waals surface area contributed by atoms with Crippen molar-refractivity contribution in [1.29, 1.82) is 0 Å². The quantitative estimate of drug-likeness (QED) is 0.790. The molecule has 2 aromatic rings. The second kappa shape index (κ2) is 3.54. The second-order valence-corrected chi connectivity index (χ2v) is 4.45. The summed E-state index contributed by atoms with van der Waals surface area (Å²) in [7, 11) is 2.03. The molecule has 80 valence electrons. The first-order valence-electron chi connectivity index (χ1n) is 5.02. The number of rotatable bonds is 1. The van der Waals surface area contributed by atoms with Crippen molar-refractivity contribution in [1.82, 2.24) is 4.57 Å². The SMILES string of the molecule is Cc1ccc(Cl)c2cc(C(C)N)n(C)c12. The van der Waals surface area contributed by atoms with Gasteiger partial charge in [-0.05, 0) is 31.5 Å². The first-order chi connectivity index (χ1) is 7.02. The van der Waals surface area contributed by atoms with Crippen molar-refractivity contribution in [3.05, 3.63) is 34.5 Å². The summed E-state index contributed by atoms with van der Waals surface area (Å²) in [5.74, 6) is 0. The molecule has 2 N–H and O–H groups in total. The Kier molecular flexibility index (Phi) is 2.49. The third kappa shape index (κ3) is 1.54. The smallest absolute Gasteiger partial charge is 0.0525 e. The molecule has 0 fully saturated rings. The van der Waals surface area contributed by atoms with Crippen LogP contribution in [-0.2, 0) is 7.05 Å². The van der Waals surface area contributed by atoms with Crippen LogP contribution in [-0.4, -0.2) is 4.57 Å². The summed E-state index contributed by atoms with van der Waals surface area (Å²) in [6.45, 7) is 4.07. The van der Waals surface area contributed by atoms with Crippen molar-refractivity contribution in [2.24, 2.45) is 12.8 Å². The number of hydrogen-bond donors (Lipinski definition) is 1. The summed E-state index contributed by atoms with van der Waals surface area (Å²) in [6, 6.07) is 6.08. The summed E-state index contributed by atoms with van der Waals surface area (Å²) in [5, 5.41) is 1.88. The fraction of sp³-hybridized carbons (Fsp3) is 0.333. The largest absolute Gasteiger partial charge is 0.346 e. The van der Waals surface area contributed by atoms with E-state index in [0.717, 1.165) is 16.1 Å². The van der Waals surface area contributed by atoms with Gasteiger partial charge in [0.15, 0.2) is 0 Å². The molecule has 1 atom stereocenters. The molecule has 1 heterocycles. The van der Waals surface area contributed by atoms with Crippen molar-refractivity contribution in [3.63, 3.8) is 0 Å². The highest BCUT2D eigenvalue weighted by molar-refractivity contribution is 6.35. The van der Waals surface area contributed by atoms with Crippen molar-refractivity contribution in [3.8, 4) is 0 Å². The number of fused-ring (bicyclic) bond motifs is 1. The molecule has 0 bridgehead atoms. The Balaban J connectivity index is 2.87. The Morgan fingerprint density at radius 2 is 2.07 bits per heavy atom. The van der Waals surface area contributed by atoms with E-state index in [1.165, 1.54) is 11.1 Å². The Morgan fingerprint density at radius 3 is 2.60 bits per heavy atom. The summed E-state index contributed by atoms with van der Waals surface area (Å²) in [6.07, 6.45) is 0. The first-order valence-corrected chi connectivity index (χ1v) is 5.40. The van der Waals surface area contributed by atoms with Gasteiger partial charge in [0.25, 0.3) is 0 Å². The van der Waals surface area contributed by atoms with Crippen LogP contribution in [0, 0.1) is 6.92 Å². The van der Waals surface area contributed by atoms with Gasteiger partial charge in [0, 0.05) is 29.2 Å². The van der Waals surface area contributed by atoms with E-state index in [1.807, 2.05) is 26.1 Å². The van der Waals surface area contributed by atoms with E-state index in [4.69, 9.17) is 17.3 Å². The van der Waals surface area contributed by atoms with Gasteiger partial charge in [-0.1, -0.05) is 17.7 Å². The standard InChI is InChI=1S/C12H15ClN2/c1-7-4-5-10(13)9-6-11(8(2)14)15(3)12(7)9/h4-6,8H,14H2,1-3H3. The van der Waals surface area contributed by atoms with E-state index < -0.39 is 0 Å². The zero-order chi connectivity index (χ0) is 11.2. The number of hydrogen-bond acceptors (Lipinski definition) is 1. The molecule has 15 heavy (non-hydrogen) atoms. The van der Waals surface area contributed by atoms with Crippen molar-refractivity contribution >= 4 is 22.5 Å². The molecule has 0 radical (unpaired) electrons. The van der Waals surface area contributed by atoms with Gasteiger partial charge in [0.1, 0.15) is 0 Å². The summed E-state index contributed by atoms with van der Waals surface area (Å²) in [5.41, 5.74) is 9.43. The Hall–Kier alpha value is -0.990. The highest BCUT2D eigenvalue weighted by Gasteiger charge is 2.12. The molecule has 1 aromatic heterocycles. The van der Waals surface area contributed by atoms with Crippen LogP contribution in [0.5, 0.6) is 0 Å². The van der Waals surface area contributed by atoms with Gasteiger partial charge in [0.05, 0.1) is 5.52 Å². The van der Waals surface area contributed by atoms with Crippen LogP contribution in [0.25, 0.3) is 10.9 Å². The zero-order valence-electron chi connectivity index (χ0n) is 9.21. The Labute approximate surface area is 94.6 Å². The van der Waals surface area contributed by atoms with Crippen LogP contribution in [0.4, 0.5) is 0 Å².